The Kier molecular flexibility index (Phi) is 10.5. The molecule has 0 unspecified atom stereocenters. The third-order valence-electron chi connectivity index (χ3n) is 5.87. The first-order valence-electron chi connectivity index (χ1n) is 12.4. The van der Waals surface area contributed by atoms with Crippen LogP contribution in [0.15, 0.2) is 33.9 Å². The van der Waals surface area contributed by atoms with Gasteiger partial charge in [0, 0.05) is 27.2 Å². The van der Waals surface area contributed by atoms with Gasteiger partial charge < -0.3 is 14.4 Å². The van der Waals surface area contributed by atoms with E-state index in [-0.39, 0.29) is 5.56 Å². The van der Waals surface area contributed by atoms with E-state index >= 15 is 0 Å². The second-order valence-corrected chi connectivity index (χ2v) is 9.22. The van der Waals surface area contributed by atoms with Crippen LogP contribution < -0.4 is 20.9 Å². The average Bonchev–Trinajstić information content (AvgIpc) is 2.83. The molecule has 9 nitrogen and oxygen atoms in total. The number of rotatable bonds is 14. The molecular weight excluding hydrogens is 448 g/mol. The van der Waals surface area contributed by atoms with Gasteiger partial charge in [0.05, 0.1) is 6.61 Å². The molecule has 0 spiro atoms. The van der Waals surface area contributed by atoms with Crippen LogP contribution in [0.2, 0.25) is 0 Å². The normalized spacial score (nSPS) is 11.4. The van der Waals surface area contributed by atoms with E-state index in [1.54, 1.807) is 27.8 Å². The van der Waals surface area contributed by atoms with Crippen molar-refractivity contribution in [3.8, 4) is 5.75 Å². The Morgan fingerprint density at radius 3 is 2.29 bits per heavy atom. The van der Waals surface area contributed by atoms with E-state index in [4.69, 9.17) is 9.47 Å². The van der Waals surface area contributed by atoms with Gasteiger partial charge in [-0.25, -0.2) is 14.3 Å². The lowest BCUT2D eigenvalue weighted by Gasteiger charge is -2.25. The number of aryl methyl sites for hydroxylation is 1. The van der Waals surface area contributed by atoms with Crippen LogP contribution in [-0.4, -0.2) is 45.6 Å². The lowest BCUT2D eigenvalue weighted by Crippen LogP contribution is -2.44. The summed E-state index contributed by atoms with van der Waals surface area (Å²) < 4.78 is 13.2. The van der Waals surface area contributed by atoms with Crippen molar-refractivity contribution in [3.63, 3.8) is 0 Å². The lowest BCUT2D eigenvalue weighted by atomic mass is 10.1. The van der Waals surface area contributed by atoms with E-state index in [2.05, 4.69) is 12.0 Å². The summed E-state index contributed by atoms with van der Waals surface area (Å²) in [6, 6.07) is 7.55. The molecule has 1 aromatic carbocycles. The van der Waals surface area contributed by atoms with Crippen LogP contribution in [0.1, 0.15) is 65.4 Å². The molecule has 0 aliphatic heterocycles. The predicted molar refractivity (Wildman–Crippen MR) is 137 cm³/mol. The highest BCUT2D eigenvalue weighted by Crippen LogP contribution is 2.21. The van der Waals surface area contributed by atoms with E-state index in [9.17, 15) is 14.4 Å². The largest absolute Gasteiger partial charge is 0.476 e. The fourth-order valence-corrected chi connectivity index (χ4v) is 3.74. The van der Waals surface area contributed by atoms with Gasteiger partial charge >= 0.3 is 11.7 Å². The van der Waals surface area contributed by atoms with Crippen LogP contribution in [0.3, 0.4) is 0 Å². The van der Waals surface area contributed by atoms with Crippen molar-refractivity contribution < 1.29 is 14.3 Å². The van der Waals surface area contributed by atoms with E-state index in [0.717, 1.165) is 29.4 Å². The second-order valence-electron chi connectivity index (χ2n) is 9.22. The topological polar surface area (TPSA) is 95.7 Å². The highest BCUT2D eigenvalue weighted by molar-refractivity contribution is 5.79. The molecule has 0 N–H and O–H groups in total. The van der Waals surface area contributed by atoms with Crippen LogP contribution in [-0.2, 0) is 30.0 Å². The van der Waals surface area contributed by atoms with E-state index < -0.39 is 17.3 Å². The molecule has 0 atom stereocenters. The van der Waals surface area contributed by atoms with E-state index in [1.165, 1.54) is 24.6 Å². The van der Waals surface area contributed by atoms with Crippen LogP contribution in [0.25, 0.3) is 0 Å². The smallest absolute Gasteiger partial charge is 0.349 e. The van der Waals surface area contributed by atoms with Gasteiger partial charge in [0.15, 0.2) is 5.60 Å². The first-order chi connectivity index (χ1) is 16.6. The SMILES string of the molecule is CCCCCCCN(CCc1ccc(OC(C)(C)C(=O)OCC)cc1)c1nn(C)c(=O)n(C)c1=O. The maximum absolute atomic E-state index is 12.8. The third-order valence-corrected chi connectivity index (χ3v) is 5.87. The molecule has 9 heteroatoms. The Morgan fingerprint density at radius 2 is 1.66 bits per heavy atom. The zero-order valence-corrected chi connectivity index (χ0v) is 22.0. The highest BCUT2D eigenvalue weighted by atomic mass is 16.6. The molecule has 0 aliphatic rings. The molecule has 0 radical (unpaired) electrons. The molecule has 0 saturated heterocycles. The molecule has 0 amide bonds. The van der Waals surface area contributed by atoms with Gasteiger partial charge in [0.1, 0.15) is 5.75 Å². The van der Waals surface area contributed by atoms with Crippen molar-refractivity contribution in [2.24, 2.45) is 14.1 Å². The molecule has 1 heterocycles. The summed E-state index contributed by atoms with van der Waals surface area (Å²) in [4.78, 5) is 38.9. The maximum atomic E-state index is 12.8. The molecule has 2 rings (SSSR count). The zero-order chi connectivity index (χ0) is 26.0. The third kappa shape index (κ3) is 7.97. The van der Waals surface area contributed by atoms with Crippen molar-refractivity contribution in [2.75, 3.05) is 24.6 Å². The second kappa shape index (κ2) is 13.1. The number of esters is 1. The van der Waals surface area contributed by atoms with Crippen molar-refractivity contribution in [1.29, 1.82) is 0 Å². The van der Waals surface area contributed by atoms with Crippen molar-refractivity contribution in [1.82, 2.24) is 14.3 Å². The van der Waals surface area contributed by atoms with Gasteiger partial charge in [-0.15, -0.1) is 5.10 Å². The maximum Gasteiger partial charge on any atom is 0.349 e. The van der Waals surface area contributed by atoms with Crippen LogP contribution >= 0.6 is 0 Å². The Hall–Kier alpha value is -3.10. The average molecular weight is 489 g/mol. The first-order valence-corrected chi connectivity index (χ1v) is 12.4. The summed E-state index contributed by atoms with van der Waals surface area (Å²) in [6.45, 7) is 8.88. The number of hydrogen-bond acceptors (Lipinski definition) is 7. The van der Waals surface area contributed by atoms with E-state index in [0.29, 0.717) is 37.7 Å². The molecule has 0 aliphatic carbocycles. The minimum absolute atomic E-state index is 0.293. The molecule has 0 bridgehead atoms. The molecule has 2 aromatic rings. The fraction of sp³-hybridized carbons (Fsp3) is 0.615. The van der Waals surface area contributed by atoms with Gasteiger partial charge in [-0.3, -0.25) is 9.36 Å². The summed E-state index contributed by atoms with van der Waals surface area (Å²) in [7, 11) is 3.03. The summed E-state index contributed by atoms with van der Waals surface area (Å²) in [5.74, 6) is 0.458. The lowest BCUT2D eigenvalue weighted by molar-refractivity contribution is -0.158. The van der Waals surface area contributed by atoms with Gasteiger partial charge in [-0.2, -0.15) is 0 Å². The molecule has 0 fully saturated rings. The van der Waals surface area contributed by atoms with Gasteiger partial charge in [0.25, 0.3) is 5.56 Å². The van der Waals surface area contributed by atoms with Crippen molar-refractivity contribution in [3.05, 3.63) is 50.7 Å². The van der Waals surface area contributed by atoms with Crippen molar-refractivity contribution >= 4 is 11.8 Å². The quantitative estimate of drug-likeness (QED) is 0.298. The highest BCUT2D eigenvalue weighted by Gasteiger charge is 2.31. The van der Waals surface area contributed by atoms with Crippen LogP contribution in [0, 0.1) is 0 Å². The minimum Gasteiger partial charge on any atom is -0.476 e. The van der Waals surface area contributed by atoms with Gasteiger partial charge in [-0.05, 0) is 51.3 Å². The van der Waals surface area contributed by atoms with Crippen molar-refractivity contribution in [2.45, 2.75) is 71.8 Å². The number of benzene rings is 1. The standard InChI is InChI=1S/C26H40N4O5/c1-7-9-10-11-12-18-30(22-23(31)28(5)25(33)29(6)27-22)19-17-20-13-15-21(16-14-20)35-26(3,4)24(32)34-8-2/h13-16H,7-12,17-19H2,1-6H3. The zero-order valence-electron chi connectivity index (χ0n) is 22.0. The summed E-state index contributed by atoms with van der Waals surface area (Å²) in [5.41, 5.74) is -0.848. The molecule has 194 valence electrons. The minimum atomic E-state index is -1.08. The number of carbonyl (C=O) groups is 1. The number of ether oxygens (including phenoxy) is 2. The summed E-state index contributed by atoms with van der Waals surface area (Å²) in [6.07, 6.45) is 6.24. The van der Waals surface area contributed by atoms with Gasteiger partial charge in [-0.1, -0.05) is 44.7 Å². The molecule has 0 saturated carbocycles. The molecular formula is C26H40N4O5. The predicted octanol–water partition coefficient (Wildman–Crippen LogP) is 3.22. The fourth-order valence-electron chi connectivity index (χ4n) is 3.74. The van der Waals surface area contributed by atoms with Crippen LogP contribution in [0.4, 0.5) is 5.82 Å². The number of hydrogen-bond donors (Lipinski definition) is 0. The van der Waals surface area contributed by atoms with E-state index in [1.807, 2.05) is 29.2 Å². The summed E-state index contributed by atoms with van der Waals surface area (Å²) >= 11 is 0. The number of carbonyl (C=O) groups excluding carboxylic acids is 1. The molecule has 1 aromatic heterocycles. The number of unbranched alkanes of at least 4 members (excludes halogenated alkanes) is 4. The Balaban J connectivity index is 2.12. The van der Waals surface area contributed by atoms with Gasteiger partial charge in [0.2, 0.25) is 5.82 Å². The first kappa shape index (κ1) is 28.1. The number of aromatic nitrogens is 3. The Morgan fingerprint density at radius 1 is 1.00 bits per heavy atom. The number of anilines is 1. The monoisotopic (exact) mass is 488 g/mol. The molecule has 35 heavy (non-hydrogen) atoms. The summed E-state index contributed by atoms with van der Waals surface area (Å²) in [5, 5.41) is 4.28. The number of nitrogens with zero attached hydrogens (tertiary/aromatic N) is 4. The Labute approximate surface area is 207 Å². The Bertz CT molecular complexity index is 1070. The van der Waals surface area contributed by atoms with Crippen LogP contribution in [0.5, 0.6) is 5.75 Å².